The minimum absolute atomic E-state index is 0.106. The van der Waals surface area contributed by atoms with E-state index in [9.17, 15) is 4.79 Å². The van der Waals surface area contributed by atoms with Gasteiger partial charge in [0.15, 0.2) is 0 Å². The molecule has 3 heterocycles. The standard InChI is InChI=1S/C18H19N3O/c1-2-5-17(22)21-9-8-13-16(11-21)19-10-15-18(13)12-6-3-4-7-14(12)20-15/h3-4,6-7,10,16H,2,5,8-9,11H2,1H3. The van der Waals surface area contributed by atoms with Crippen LogP contribution in [0.5, 0.6) is 0 Å². The number of dihydropyridines is 1. The van der Waals surface area contributed by atoms with E-state index >= 15 is 0 Å². The number of piperidine rings is 1. The van der Waals surface area contributed by atoms with Crippen LogP contribution < -0.4 is 0 Å². The summed E-state index contributed by atoms with van der Waals surface area (Å²) in [6, 6.07) is 8.38. The highest BCUT2D eigenvalue weighted by Crippen LogP contribution is 2.40. The van der Waals surface area contributed by atoms with Crippen molar-refractivity contribution in [2.45, 2.75) is 32.2 Å². The highest BCUT2D eigenvalue weighted by atomic mass is 16.2. The molecule has 3 aliphatic rings. The summed E-state index contributed by atoms with van der Waals surface area (Å²) in [4.78, 5) is 23.4. The average Bonchev–Trinajstić information content (AvgIpc) is 2.93. The SMILES string of the molecule is CCCC(=O)N1CCC2=C3C(=Nc4ccccc43)C=NC2C1. The van der Waals surface area contributed by atoms with Gasteiger partial charge in [-0.05, 0) is 24.5 Å². The molecule has 0 aliphatic carbocycles. The van der Waals surface area contributed by atoms with Crippen LogP contribution in [0.15, 0.2) is 39.8 Å². The molecule has 0 saturated carbocycles. The summed E-state index contributed by atoms with van der Waals surface area (Å²) in [6.07, 6.45) is 4.33. The van der Waals surface area contributed by atoms with Crippen molar-refractivity contribution in [3.8, 4) is 0 Å². The number of fused-ring (bicyclic) bond motifs is 4. The smallest absolute Gasteiger partial charge is 0.222 e. The van der Waals surface area contributed by atoms with Crippen molar-refractivity contribution in [1.82, 2.24) is 4.90 Å². The second-order valence-corrected chi connectivity index (χ2v) is 6.05. The van der Waals surface area contributed by atoms with Crippen LogP contribution >= 0.6 is 0 Å². The first kappa shape index (κ1) is 13.4. The Morgan fingerprint density at radius 2 is 2.23 bits per heavy atom. The molecule has 4 heteroatoms. The second kappa shape index (κ2) is 5.20. The highest BCUT2D eigenvalue weighted by molar-refractivity contribution is 6.54. The molecule has 1 aromatic rings. The highest BCUT2D eigenvalue weighted by Gasteiger charge is 2.34. The molecule has 1 aromatic carbocycles. The maximum Gasteiger partial charge on any atom is 0.222 e. The Hall–Kier alpha value is -2.23. The van der Waals surface area contributed by atoms with E-state index in [0.29, 0.717) is 13.0 Å². The Labute approximate surface area is 130 Å². The average molecular weight is 293 g/mol. The molecule has 1 amide bonds. The molecule has 0 N–H and O–H groups in total. The number of amides is 1. The number of benzene rings is 1. The van der Waals surface area contributed by atoms with Gasteiger partial charge >= 0.3 is 0 Å². The van der Waals surface area contributed by atoms with Gasteiger partial charge in [-0.3, -0.25) is 9.79 Å². The molecule has 1 unspecified atom stereocenters. The molecule has 4 nitrogen and oxygen atoms in total. The molecule has 1 atom stereocenters. The Balaban J connectivity index is 1.67. The van der Waals surface area contributed by atoms with Crippen molar-refractivity contribution < 1.29 is 4.79 Å². The van der Waals surface area contributed by atoms with Crippen molar-refractivity contribution in [2.75, 3.05) is 13.1 Å². The Kier molecular flexibility index (Phi) is 3.17. The number of hydrogen-bond acceptors (Lipinski definition) is 3. The van der Waals surface area contributed by atoms with Crippen LogP contribution in [0.3, 0.4) is 0 Å². The van der Waals surface area contributed by atoms with Gasteiger partial charge in [-0.15, -0.1) is 0 Å². The third-order valence-corrected chi connectivity index (χ3v) is 4.63. The van der Waals surface area contributed by atoms with E-state index in [-0.39, 0.29) is 11.9 Å². The van der Waals surface area contributed by atoms with Gasteiger partial charge < -0.3 is 4.90 Å². The number of aliphatic imine (C=N–C) groups is 2. The van der Waals surface area contributed by atoms with Crippen LogP contribution in [0.4, 0.5) is 5.69 Å². The largest absolute Gasteiger partial charge is 0.340 e. The van der Waals surface area contributed by atoms with Gasteiger partial charge in [0, 0.05) is 36.9 Å². The monoisotopic (exact) mass is 293 g/mol. The molecule has 112 valence electrons. The first-order chi connectivity index (χ1) is 10.8. The number of para-hydroxylation sites is 1. The lowest BCUT2D eigenvalue weighted by atomic mass is 9.86. The number of rotatable bonds is 2. The normalized spacial score (nSPS) is 22.1. The van der Waals surface area contributed by atoms with Crippen LogP contribution in [0, 0.1) is 0 Å². The fourth-order valence-corrected chi connectivity index (χ4v) is 3.56. The first-order valence-electron chi connectivity index (χ1n) is 8.00. The third kappa shape index (κ3) is 2.02. The summed E-state index contributed by atoms with van der Waals surface area (Å²) in [5, 5.41) is 0. The van der Waals surface area contributed by atoms with E-state index in [4.69, 9.17) is 0 Å². The van der Waals surface area contributed by atoms with E-state index in [1.807, 2.05) is 24.1 Å². The zero-order chi connectivity index (χ0) is 15.1. The minimum Gasteiger partial charge on any atom is -0.340 e. The van der Waals surface area contributed by atoms with Crippen LogP contribution in [0.25, 0.3) is 5.57 Å². The van der Waals surface area contributed by atoms with Crippen LogP contribution in [-0.2, 0) is 4.79 Å². The fourth-order valence-electron chi connectivity index (χ4n) is 3.56. The van der Waals surface area contributed by atoms with E-state index in [0.717, 1.165) is 30.8 Å². The van der Waals surface area contributed by atoms with E-state index in [2.05, 4.69) is 28.2 Å². The fraction of sp³-hybridized carbons (Fsp3) is 0.389. The van der Waals surface area contributed by atoms with Gasteiger partial charge in [0.05, 0.1) is 17.4 Å². The molecule has 22 heavy (non-hydrogen) atoms. The lowest BCUT2D eigenvalue weighted by Crippen LogP contribution is -2.44. The van der Waals surface area contributed by atoms with E-state index in [1.165, 1.54) is 16.7 Å². The number of nitrogens with zero attached hydrogens (tertiary/aromatic N) is 3. The molecule has 4 rings (SSSR count). The molecular weight excluding hydrogens is 274 g/mol. The van der Waals surface area contributed by atoms with Crippen molar-refractivity contribution in [1.29, 1.82) is 0 Å². The third-order valence-electron chi connectivity index (χ3n) is 4.63. The lowest BCUT2D eigenvalue weighted by molar-refractivity contribution is -0.131. The molecule has 0 radical (unpaired) electrons. The number of allylic oxidation sites excluding steroid dienone is 1. The van der Waals surface area contributed by atoms with Crippen LogP contribution in [-0.4, -0.2) is 41.9 Å². The zero-order valence-corrected chi connectivity index (χ0v) is 12.7. The predicted molar refractivity (Wildman–Crippen MR) is 88.8 cm³/mol. The summed E-state index contributed by atoms with van der Waals surface area (Å²) in [5.41, 5.74) is 5.86. The van der Waals surface area contributed by atoms with E-state index in [1.54, 1.807) is 0 Å². The topological polar surface area (TPSA) is 45.0 Å². The van der Waals surface area contributed by atoms with Crippen molar-refractivity contribution in [3.05, 3.63) is 35.4 Å². The van der Waals surface area contributed by atoms with Gasteiger partial charge in [-0.25, -0.2) is 4.99 Å². The summed E-state index contributed by atoms with van der Waals surface area (Å²) in [6.45, 7) is 3.56. The number of likely N-dealkylation sites (tertiary alicyclic amines) is 1. The number of carbonyl (C=O) groups is 1. The first-order valence-corrected chi connectivity index (χ1v) is 8.00. The maximum absolute atomic E-state index is 12.1. The molecule has 3 aliphatic heterocycles. The predicted octanol–water partition coefficient (Wildman–Crippen LogP) is 3.01. The van der Waals surface area contributed by atoms with Crippen molar-refractivity contribution >= 4 is 29.1 Å². The summed E-state index contributed by atoms with van der Waals surface area (Å²) < 4.78 is 0. The number of carbonyl (C=O) groups excluding carboxylic acids is 1. The Morgan fingerprint density at radius 1 is 1.36 bits per heavy atom. The molecule has 0 aromatic heterocycles. The zero-order valence-electron chi connectivity index (χ0n) is 12.7. The van der Waals surface area contributed by atoms with Gasteiger partial charge in [-0.1, -0.05) is 25.1 Å². The molecular formula is C18H19N3O. The molecule has 0 spiro atoms. The van der Waals surface area contributed by atoms with Crippen LogP contribution in [0.1, 0.15) is 31.7 Å². The lowest BCUT2D eigenvalue weighted by Gasteiger charge is -2.35. The Bertz CT molecular complexity index is 730. The summed E-state index contributed by atoms with van der Waals surface area (Å²) in [5.74, 6) is 0.257. The molecule has 1 fully saturated rings. The van der Waals surface area contributed by atoms with Crippen molar-refractivity contribution in [3.63, 3.8) is 0 Å². The Morgan fingerprint density at radius 3 is 3.09 bits per heavy atom. The van der Waals surface area contributed by atoms with Gasteiger partial charge in [0.25, 0.3) is 0 Å². The minimum atomic E-state index is 0.106. The van der Waals surface area contributed by atoms with Gasteiger partial charge in [0.1, 0.15) is 0 Å². The molecule has 0 bridgehead atoms. The van der Waals surface area contributed by atoms with Gasteiger partial charge in [-0.2, -0.15) is 0 Å². The van der Waals surface area contributed by atoms with E-state index < -0.39 is 0 Å². The summed E-state index contributed by atoms with van der Waals surface area (Å²) in [7, 11) is 0. The second-order valence-electron chi connectivity index (χ2n) is 6.05. The quantitative estimate of drug-likeness (QED) is 0.826. The van der Waals surface area contributed by atoms with Crippen LogP contribution in [0.2, 0.25) is 0 Å². The summed E-state index contributed by atoms with van der Waals surface area (Å²) >= 11 is 0. The van der Waals surface area contributed by atoms with Crippen molar-refractivity contribution in [2.24, 2.45) is 9.98 Å². The number of hydrogen-bond donors (Lipinski definition) is 0. The van der Waals surface area contributed by atoms with Gasteiger partial charge in [0.2, 0.25) is 5.91 Å². The molecule has 1 saturated heterocycles. The maximum atomic E-state index is 12.1.